The Kier molecular flexibility index (Phi) is 6.20. The Morgan fingerprint density at radius 1 is 0.971 bits per heavy atom. The number of anilines is 1. The number of nitrogens with zero attached hydrogens (tertiary/aromatic N) is 4. The number of fused-ring (bicyclic) bond motifs is 1. The van der Waals surface area contributed by atoms with Gasteiger partial charge in [0, 0.05) is 44.4 Å². The van der Waals surface area contributed by atoms with Gasteiger partial charge in [0.15, 0.2) is 0 Å². The van der Waals surface area contributed by atoms with Crippen molar-refractivity contribution in [3.63, 3.8) is 0 Å². The number of hydrogen-bond acceptors (Lipinski definition) is 8. The number of hydroxylamine groups is 2. The van der Waals surface area contributed by atoms with E-state index in [9.17, 15) is 13.2 Å². The summed E-state index contributed by atoms with van der Waals surface area (Å²) in [5.41, 5.74) is 1.29. The third-order valence-electron chi connectivity index (χ3n) is 5.69. The molecule has 0 radical (unpaired) electrons. The first-order valence-corrected chi connectivity index (χ1v) is 12.5. The summed E-state index contributed by atoms with van der Waals surface area (Å²) in [5.74, 6) is 0.934. The van der Waals surface area contributed by atoms with Crippen LogP contribution in [0.5, 0.6) is 0 Å². The molecule has 1 aromatic heterocycles. The van der Waals surface area contributed by atoms with Gasteiger partial charge in [-0.25, -0.2) is 13.2 Å². The van der Waals surface area contributed by atoms with Crippen LogP contribution in [0.15, 0.2) is 76.1 Å². The zero-order valence-electron chi connectivity index (χ0n) is 18.9. The lowest BCUT2D eigenvalue weighted by Gasteiger charge is -2.32. The number of amides is 1. The van der Waals surface area contributed by atoms with Crippen molar-refractivity contribution >= 4 is 32.6 Å². The zero-order valence-corrected chi connectivity index (χ0v) is 19.7. The summed E-state index contributed by atoms with van der Waals surface area (Å²) < 4.78 is 32.6. The molecule has 11 heteroatoms. The molecule has 3 aromatic carbocycles. The fourth-order valence-electron chi connectivity index (χ4n) is 3.86. The molecule has 0 atom stereocenters. The molecular formula is C24H23N5O5S. The molecule has 1 fully saturated rings. The Balaban J connectivity index is 1.15. The Morgan fingerprint density at radius 2 is 1.69 bits per heavy atom. The van der Waals surface area contributed by atoms with Gasteiger partial charge in [0.2, 0.25) is 21.7 Å². The highest BCUT2D eigenvalue weighted by Crippen LogP contribution is 2.23. The molecule has 1 aliphatic heterocycles. The monoisotopic (exact) mass is 493 g/mol. The molecular weight excluding hydrogens is 470 g/mol. The number of hydrogen-bond donors (Lipinski definition) is 1. The average Bonchev–Trinajstić information content (AvgIpc) is 3.30. The van der Waals surface area contributed by atoms with Crippen molar-refractivity contribution in [2.45, 2.75) is 11.8 Å². The fourth-order valence-corrected chi connectivity index (χ4v) is 5.31. The van der Waals surface area contributed by atoms with E-state index in [2.05, 4.69) is 15.5 Å². The van der Waals surface area contributed by atoms with Crippen molar-refractivity contribution in [3.05, 3.63) is 72.6 Å². The second-order valence-electron chi connectivity index (χ2n) is 8.06. The Hall–Kier alpha value is -3.80. The minimum atomic E-state index is -3.65. The summed E-state index contributed by atoms with van der Waals surface area (Å²) in [6.45, 7) is 2.65. The number of carbonyl (C=O) groups is 1. The van der Waals surface area contributed by atoms with Crippen LogP contribution >= 0.6 is 0 Å². The van der Waals surface area contributed by atoms with Crippen LogP contribution < -0.4 is 5.32 Å². The molecule has 180 valence electrons. The summed E-state index contributed by atoms with van der Waals surface area (Å²) in [6, 6.07) is 19.7. The topological polar surface area (TPSA) is 118 Å². The lowest BCUT2D eigenvalue weighted by Crippen LogP contribution is -2.49. The van der Waals surface area contributed by atoms with Gasteiger partial charge in [-0.1, -0.05) is 35.5 Å². The largest absolute Gasteiger partial charge is 0.430 e. The number of piperazine rings is 1. The van der Waals surface area contributed by atoms with Gasteiger partial charge in [-0.3, -0.25) is 5.32 Å². The maximum absolute atomic E-state index is 13.1. The van der Waals surface area contributed by atoms with Crippen LogP contribution in [0.25, 0.3) is 22.2 Å². The minimum Gasteiger partial charge on any atom is -0.351 e. The predicted octanol–water partition coefficient (Wildman–Crippen LogP) is 3.67. The molecule has 0 unspecified atom stereocenters. The third kappa shape index (κ3) is 5.02. The van der Waals surface area contributed by atoms with Crippen molar-refractivity contribution < 1.29 is 22.6 Å². The Bertz CT molecular complexity index is 1460. The minimum absolute atomic E-state index is 0.210. The van der Waals surface area contributed by atoms with Crippen molar-refractivity contribution in [2.75, 3.05) is 31.5 Å². The van der Waals surface area contributed by atoms with Crippen LogP contribution in [-0.4, -0.2) is 60.2 Å². The molecule has 35 heavy (non-hydrogen) atoms. The molecule has 0 saturated carbocycles. The van der Waals surface area contributed by atoms with E-state index in [0.717, 1.165) is 16.3 Å². The summed E-state index contributed by atoms with van der Waals surface area (Å²) >= 11 is 0. The number of rotatable bonds is 5. The van der Waals surface area contributed by atoms with Crippen molar-refractivity contribution in [1.29, 1.82) is 0 Å². The predicted molar refractivity (Wildman–Crippen MR) is 129 cm³/mol. The van der Waals surface area contributed by atoms with Gasteiger partial charge < -0.3 is 9.36 Å². The van der Waals surface area contributed by atoms with Crippen LogP contribution in [-0.2, 0) is 14.9 Å². The average molecular weight is 494 g/mol. The molecule has 0 spiro atoms. The smallest absolute Gasteiger partial charge is 0.351 e. The second-order valence-corrected chi connectivity index (χ2v) is 10.00. The van der Waals surface area contributed by atoms with E-state index in [4.69, 9.17) is 9.36 Å². The number of carbonyl (C=O) groups excluding carboxylic acids is 1. The first-order valence-electron chi connectivity index (χ1n) is 11.0. The van der Waals surface area contributed by atoms with Crippen LogP contribution in [0.2, 0.25) is 0 Å². The van der Waals surface area contributed by atoms with Crippen molar-refractivity contribution in [1.82, 2.24) is 19.5 Å². The number of benzene rings is 3. The highest BCUT2D eigenvalue weighted by Gasteiger charge is 2.30. The number of aromatic nitrogens is 2. The number of nitrogens with one attached hydrogen (secondary N) is 1. The van der Waals surface area contributed by atoms with Crippen LogP contribution in [0.3, 0.4) is 0 Å². The van der Waals surface area contributed by atoms with Gasteiger partial charge in [-0.05, 0) is 47.2 Å². The van der Waals surface area contributed by atoms with E-state index in [1.165, 1.54) is 9.37 Å². The first-order chi connectivity index (χ1) is 16.9. The fraction of sp³-hybridized carbons (Fsp3) is 0.208. The standard InChI is InChI=1S/C24H23N5O5S/c1-17-25-23(27-33-17)19-6-9-21(10-7-19)26-24(30)34-28-12-14-29(15-13-28)35(31,32)22-11-8-18-4-2-3-5-20(18)16-22/h2-11,16H,12-15H2,1H3,(H,26,30). The second kappa shape index (κ2) is 9.45. The molecule has 10 nitrogen and oxygen atoms in total. The Morgan fingerprint density at radius 3 is 2.37 bits per heavy atom. The van der Waals surface area contributed by atoms with Crippen molar-refractivity contribution in [2.24, 2.45) is 0 Å². The molecule has 1 saturated heterocycles. The first kappa shape index (κ1) is 23.0. The van der Waals surface area contributed by atoms with E-state index in [1.54, 1.807) is 43.3 Å². The summed E-state index contributed by atoms with van der Waals surface area (Å²) in [7, 11) is -3.65. The molecule has 0 bridgehead atoms. The van der Waals surface area contributed by atoms with Gasteiger partial charge in [0.25, 0.3) is 0 Å². The highest BCUT2D eigenvalue weighted by atomic mass is 32.2. The highest BCUT2D eigenvalue weighted by molar-refractivity contribution is 7.89. The molecule has 0 aliphatic carbocycles. The van der Waals surface area contributed by atoms with Crippen LogP contribution in [0, 0.1) is 6.92 Å². The van der Waals surface area contributed by atoms with Gasteiger partial charge in [-0.2, -0.15) is 9.29 Å². The zero-order chi connectivity index (χ0) is 24.4. The van der Waals surface area contributed by atoms with Gasteiger partial charge in [0.1, 0.15) is 0 Å². The molecule has 1 N–H and O–H groups in total. The van der Waals surface area contributed by atoms with Gasteiger partial charge in [-0.15, -0.1) is 5.06 Å². The maximum atomic E-state index is 13.1. The van der Waals surface area contributed by atoms with Crippen molar-refractivity contribution in [3.8, 4) is 11.4 Å². The SMILES string of the molecule is Cc1nc(-c2ccc(NC(=O)ON3CCN(S(=O)(=O)c4ccc5ccccc5c4)CC3)cc2)no1. The van der Waals surface area contributed by atoms with Crippen LogP contribution in [0.4, 0.5) is 10.5 Å². The molecule has 1 amide bonds. The normalized spacial score (nSPS) is 15.2. The molecule has 2 heterocycles. The van der Waals surface area contributed by atoms with E-state index in [-0.39, 0.29) is 31.1 Å². The lowest BCUT2D eigenvalue weighted by molar-refractivity contribution is -0.109. The summed E-state index contributed by atoms with van der Waals surface area (Å²) in [4.78, 5) is 22.1. The third-order valence-corrected chi connectivity index (χ3v) is 7.58. The van der Waals surface area contributed by atoms with Gasteiger partial charge in [0.05, 0.1) is 4.90 Å². The molecule has 1 aliphatic rings. The van der Waals surface area contributed by atoms with E-state index >= 15 is 0 Å². The maximum Gasteiger partial charge on any atom is 0.430 e. The van der Waals surface area contributed by atoms with Gasteiger partial charge >= 0.3 is 6.09 Å². The molecule has 4 aromatic rings. The van der Waals surface area contributed by atoms with E-state index in [1.807, 2.05) is 30.3 Å². The summed E-state index contributed by atoms with van der Waals surface area (Å²) in [5, 5.41) is 9.82. The summed E-state index contributed by atoms with van der Waals surface area (Å²) in [6.07, 6.45) is -0.654. The number of aryl methyl sites for hydroxylation is 1. The van der Waals surface area contributed by atoms with Crippen LogP contribution in [0.1, 0.15) is 5.89 Å². The quantitative estimate of drug-likeness (QED) is 0.448. The van der Waals surface area contributed by atoms with E-state index in [0.29, 0.717) is 17.4 Å². The van der Waals surface area contributed by atoms with E-state index < -0.39 is 16.1 Å². The number of sulfonamides is 1. The Labute approximate surface area is 202 Å². The lowest BCUT2D eigenvalue weighted by atomic mass is 10.1. The molecule has 5 rings (SSSR count).